The second-order valence-corrected chi connectivity index (χ2v) is 7.31. The van der Waals surface area contributed by atoms with E-state index < -0.39 is 0 Å². The maximum Gasteiger partial charge on any atom is 0.254 e. The van der Waals surface area contributed by atoms with Crippen LogP contribution in [0.15, 0.2) is 42.7 Å². The molecule has 0 bridgehead atoms. The van der Waals surface area contributed by atoms with E-state index >= 15 is 0 Å². The summed E-state index contributed by atoms with van der Waals surface area (Å²) in [4.78, 5) is 21.2. The summed E-state index contributed by atoms with van der Waals surface area (Å²) in [6, 6.07) is 8.38. The van der Waals surface area contributed by atoms with Gasteiger partial charge in [-0.25, -0.2) is 9.37 Å². The number of benzene rings is 1. The number of pyridine rings is 1. The number of fused-ring (bicyclic) bond motifs is 1. The van der Waals surface area contributed by atoms with Gasteiger partial charge in [0.2, 0.25) is 0 Å². The molecule has 0 spiro atoms. The fraction of sp³-hybridized carbons (Fsp3) is 0.300. The topological polar surface area (TPSA) is 40.9 Å². The minimum absolute atomic E-state index is 0.115. The molecule has 0 aliphatic carbocycles. The van der Waals surface area contributed by atoms with Crippen LogP contribution in [0.1, 0.15) is 21.6 Å². The van der Waals surface area contributed by atoms with Crippen molar-refractivity contribution in [3.63, 3.8) is 0 Å². The summed E-state index contributed by atoms with van der Waals surface area (Å²) in [5.41, 5.74) is 2.79. The Bertz CT molecular complexity index is 995. The van der Waals surface area contributed by atoms with Crippen LogP contribution in [0.2, 0.25) is 5.02 Å². The Balaban J connectivity index is 1.37. The average Bonchev–Trinajstić information content (AvgIpc) is 3.05. The monoisotopic (exact) mass is 386 g/mol. The fourth-order valence-corrected chi connectivity index (χ4v) is 3.51. The van der Waals surface area contributed by atoms with E-state index in [-0.39, 0.29) is 11.7 Å². The second kappa shape index (κ2) is 7.29. The molecule has 1 fully saturated rings. The van der Waals surface area contributed by atoms with Gasteiger partial charge in [0.25, 0.3) is 5.91 Å². The number of nitrogens with zero attached hydrogens (tertiary/aromatic N) is 4. The number of aromatic nitrogens is 2. The molecule has 3 heterocycles. The lowest BCUT2D eigenvalue weighted by Crippen LogP contribution is -2.48. The minimum Gasteiger partial charge on any atom is -0.336 e. The van der Waals surface area contributed by atoms with Crippen molar-refractivity contribution in [1.82, 2.24) is 19.2 Å². The standard InChI is InChI=1S/C20H20ClFN4O/c1-14-2-3-15(10-18(14)22)20(27)25-8-6-24(7-9-25)12-17-13-26-11-16(21)4-5-19(26)23-17/h2-5,10-11,13H,6-9,12H2,1H3. The van der Waals surface area contributed by atoms with Crippen molar-refractivity contribution in [2.75, 3.05) is 26.2 Å². The van der Waals surface area contributed by atoms with Gasteiger partial charge in [0.1, 0.15) is 11.5 Å². The van der Waals surface area contributed by atoms with Gasteiger partial charge in [0.05, 0.1) is 10.7 Å². The molecule has 1 saturated heterocycles. The first-order valence-electron chi connectivity index (χ1n) is 8.90. The van der Waals surface area contributed by atoms with E-state index in [1.54, 1.807) is 24.0 Å². The van der Waals surface area contributed by atoms with E-state index in [9.17, 15) is 9.18 Å². The number of hydrogen-bond donors (Lipinski definition) is 0. The molecule has 0 saturated carbocycles. The number of carbonyl (C=O) groups is 1. The lowest BCUT2D eigenvalue weighted by Gasteiger charge is -2.34. The van der Waals surface area contributed by atoms with E-state index in [4.69, 9.17) is 11.6 Å². The third-order valence-corrected chi connectivity index (χ3v) is 5.15. The highest BCUT2D eigenvalue weighted by molar-refractivity contribution is 6.30. The Hall–Kier alpha value is -2.44. The van der Waals surface area contributed by atoms with Gasteiger partial charge in [-0.15, -0.1) is 0 Å². The third-order valence-electron chi connectivity index (χ3n) is 4.93. The smallest absolute Gasteiger partial charge is 0.254 e. The summed E-state index contributed by atoms with van der Waals surface area (Å²) in [6.45, 7) is 5.17. The zero-order valence-corrected chi connectivity index (χ0v) is 15.8. The fourth-order valence-electron chi connectivity index (χ4n) is 3.34. The average molecular weight is 387 g/mol. The van der Waals surface area contributed by atoms with E-state index in [0.717, 1.165) is 31.0 Å². The lowest BCUT2D eigenvalue weighted by molar-refractivity contribution is 0.0626. The van der Waals surface area contributed by atoms with Gasteiger partial charge in [0, 0.05) is 50.7 Å². The van der Waals surface area contributed by atoms with Gasteiger partial charge in [-0.1, -0.05) is 17.7 Å². The highest BCUT2D eigenvalue weighted by atomic mass is 35.5. The first-order chi connectivity index (χ1) is 13.0. The zero-order chi connectivity index (χ0) is 19.0. The molecule has 0 atom stereocenters. The number of carbonyl (C=O) groups excluding carboxylic acids is 1. The summed E-state index contributed by atoms with van der Waals surface area (Å²) in [6.07, 6.45) is 3.82. The number of rotatable bonds is 3. The number of amides is 1. The zero-order valence-electron chi connectivity index (χ0n) is 15.0. The maximum atomic E-state index is 13.7. The number of aryl methyl sites for hydroxylation is 1. The van der Waals surface area contributed by atoms with Crippen molar-refractivity contribution in [3.05, 3.63) is 70.4 Å². The van der Waals surface area contributed by atoms with Crippen LogP contribution in [-0.2, 0) is 6.54 Å². The summed E-state index contributed by atoms with van der Waals surface area (Å²) in [7, 11) is 0. The van der Waals surface area contributed by atoms with Crippen molar-refractivity contribution < 1.29 is 9.18 Å². The van der Waals surface area contributed by atoms with Crippen molar-refractivity contribution >= 4 is 23.2 Å². The number of imidazole rings is 1. The number of hydrogen-bond acceptors (Lipinski definition) is 3. The molecule has 0 unspecified atom stereocenters. The van der Waals surface area contributed by atoms with E-state index in [1.165, 1.54) is 6.07 Å². The van der Waals surface area contributed by atoms with Crippen LogP contribution in [0, 0.1) is 12.7 Å². The minimum atomic E-state index is -0.341. The molecule has 1 aliphatic heterocycles. The molecule has 2 aromatic heterocycles. The Morgan fingerprint density at radius 1 is 1.15 bits per heavy atom. The lowest BCUT2D eigenvalue weighted by atomic mass is 10.1. The Labute approximate surface area is 162 Å². The summed E-state index contributed by atoms with van der Waals surface area (Å²) in [5, 5.41) is 0.672. The molecule has 27 heavy (non-hydrogen) atoms. The first-order valence-corrected chi connectivity index (χ1v) is 9.28. The quantitative estimate of drug-likeness (QED) is 0.692. The molecule has 140 valence electrons. The predicted molar refractivity (Wildman–Crippen MR) is 103 cm³/mol. The van der Waals surface area contributed by atoms with Gasteiger partial charge in [-0.3, -0.25) is 9.69 Å². The summed E-state index contributed by atoms with van der Waals surface area (Å²) >= 11 is 6.01. The maximum absolute atomic E-state index is 13.7. The van der Waals surface area contributed by atoms with Crippen molar-refractivity contribution in [2.45, 2.75) is 13.5 Å². The number of piperazine rings is 1. The normalized spacial score (nSPS) is 15.4. The van der Waals surface area contributed by atoms with Crippen LogP contribution in [0.4, 0.5) is 4.39 Å². The summed E-state index contributed by atoms with van der Waals surface area (Å²) < 4.78 is 15.6. The van der Waals surface area contributed by atoms with Crippen LogP contribution in [0.5, 0.6) is 0 Å². The molecule has 1 aromatic carbocycles. The molecule has 3 aromatic rings. The third kappa shape index (κ3) is 3.82. The van der Waals surface area contributed by atoms with Crippen LogP contribution in [-0.4, -0.2) is 51.3 Å². The highest BCUT2D eigenvalue weighted by Crippen LogP contribution is 2.16. The SMILES string of the molecule is Cc1ccc(C(=O)N2CCN(Cc3cn4cc(Cl)ccc4n3)CC2)cc1F. The Morgan fingerprint density at radius 3 is 2.67 bits per heavy atom. The molecule has 0 N–H and O–H groups in total. The van der Waals surface area contributed by atoms with Crippen molar-refractivity contribution in [1.29, 1.82) is 0 Å². The predicted octanol–water partition coefficient (Wildman–Crippen LogP) is 3.39. The molecular formula is C20H20ClFN4O. The number of halogens is 2. The van der Waals surface area contributed by atoms with E-state index in [2.05, 4.69) is 9.88 Å². The molecular weight excluding hydrogens is 367 g/mol. The van der Waals surface area contributed by atoms with Crippen molar-refractivity contribution in [3.8, 4) is 0 Å². The molecule has 4 rings (SSSR count). The largest absolute Gasteiger partial charge is 0.336 e. The van der Waals surface area contributed by atoms with E-state index in [1.807, 2.05) is 28.9 Å². The summed E-state index contributed by atoms with van der Waals surface area (Å²) in [5.74, 6) is -0.456. The van der Waals surface area contributed by atoms with Gasteiger partial charge in [-0.2, -0.15) is 0 Å². The van der Waals surface area contributed by atoms with E-state index in [0.29, 0.717) is 29.2 Å². The van der Waals surface area contributed by atoms with Crippen LogP contribution < -0.4 is 0 Å². The van der Waals surface area contributed by atoms with Crippen LogP contribution in [0.25, 0.3) is 5.65 Å². The van der Waals surface area contributed by atoms with Gasteiger partial charge >= 0.3 is 0 Å². The van der Waals surface area contributed by atoms with Gasteiger partial charge < -0.3 is 9.30 Å². The van der Waals surface area contributed by atoms with Gasteiger partial charge in [-0.05, 0) is 36.8 Å². The Kier molecular flexibility index (Phi) is 4.85. The molecule has 0 radical (unpaired) electrons. The van der Waals surface area contributed by atoms with Crippen LogP contribution in [0.3, 0.4) is 0 Å². The van der Waals surface area contributed by atoms with Gasteiger partial charge in [0.15, 0.2) is 0 Å². The molecule has 1 amide bonds. The van der Waals surface area contributed by atoms with Crippen molar-refractivity contribution in [2.24, 2.45) is 0 Å². The molecule has 1 aliphatic rings. The van der Waals surface area contributed by atoms with Crippen LogP contribution >= 0.6 is 11.6 Å². The highest BCUT2D eigenvalue weighted by Gasteiger charge is 2.23. The second-order valence-electron chi connectivity index (χ2n) is 6.88. The first kappa shape index (κ1) is 17.9. The molecule has 5 nitrogen and oxygen atoms in total. The Morgan fingerprint density at radius 2 is 1.93 bits per heavy atom. The molecule has 7 heteroatoms.